The third-order valence-electron chi connectivity index (χ3n) is 2.33. The van der Waals surface area contributed by atoms with Gasteiger partial charge < -0.3 is 9.29 Å². The Hall–Kier alpha value is 0.526. The Kier molecular flexibility index (Phi) is 5.19. The molecule has 1 aromatic carbocycles. The Balaban J connectivity index is 0.00000144. The van der Waals surface area contributed by atoms with E-state index in [2.05, 4.69) is 0 Å². The number of thiophene rings is 1. The van der Waals surface area contributed by atoms with Crippen LogP contribution in [0.15, 0.2) is 22.4 Å². The van der Waals surface area contributed by atoms with Crippen molar-refractivity contribution in [2.45, 2.75) is 11.1 Å². The molecule has 0 amide bonds. The Bertz CT molecular complexity index is 646. The summed E-state index contributed by atoms with van der Waals surface area (Å²) in [6.45, 7) is 1.63. The fourth-order valence-electron chi connectivity index (χ4n) is 1.59. The van der Waals surface area contributed by atoms with Crippen LogP contribution < -0.4 is 56.1 Å². The second kappa shape index (κ2) is 5.66. The minimum atomic E-state index is -4.41. The van der Waals surface area contributed by atoms with Gasteiger partial charge in [-0.3, -0.25) is 0 Å². The maximum Gasteiger partial charge on any atom is 1.00 e. The van der Waals surface area contributed by atoms with Crippen LogP contribution in [0.3, 0.4) is 0 Å². The predicted octanol–water partition coefficient (Wildman–Crippen LogP) is -0.874. The van der Waals surface area contributed by atoms with Gasteiger partial charge in [0, 0.05) is 5.39 Å². The van der Waals surface area contributed by atoms with E-state index in [0.717, 1.165) is 16.7 Å². The molecule has 0 fully saturated rings. The first-order chi connectivity index (χ1) is 7.45. The molecule has 0 N–H and O–H groups in total. The predicted molar refractivity (Wildman–Crippen MR) is 61.1 cm³/mol. The molecule has 1 heterocycles. The maximum absolute atomic E-state index is 11.0. The van der Waals surface area contributed by atoms with Gasteiger partial charge in [-0.15, -0.1) is 11.3 Å². The fourth-order valence-corrected chi connectivity index (χ4v) is 3.77. The molecule has 17 heavy (non-hydrogen) atoms. The number of ether oxygens (including phenoxy) is 1. The van der Waals surface area contributed by atoms with Gasteiger partial charge in [0.15, 0.2) is 0 Å². The van der Waals surface area contributed by atoms with Crippen molar-refractivity contribution in [3.8, 4) is 5.75 Å². The van der Waals surface area contributed by atoms with Gasteiger partial charge in [-0.25, -0.2) is 8.42 Å². The minimum Gasteiger partial charge on any atom is -0.743 e. The molecule has 2 aromatic rings. The number of benzene rings is 1. The van der Waals surface area contributed by atoms with Crippen LogP contribution in [0.2, 0.25) is 0 Å². The normalized spacial score (nSPS) is 11.2. The number of rotatable bonds is 2. The van der Waals surface area contributed by atoms with Crippen LogP contribution in [0, 0.1) is 6.92 Å². The molecule has 2 rings (SSSR count). The molecule has 0 saturated heterocycles. The molecular weight excluding hydrogens is 287 g/mol. The van der Waals surface area contributed by atoms with Crippen LogP contribution in [0.1, 0.15) is 5.56 Å². The summed E-state index contributed by atoms with van der Waals surface area (Å²) < 4.78 is 38.8. The van der Waals surface area contributed by atoms with E-state index in [-0.39, 0.29) is 55.6 Å². The van der Waals surface area contributed by atoms with Crippen molar-refractivity contribution in [2.75, 3.05) is 7.11 Å². The zero-order valence-electron chi connectivity index (χ0n) is 9.68. The molecule has 0 saturated carbocycles. The van der Waals surface area contributed by atoms with E-state index in [1.165, 1.54) is 7.11 Å². The van der Waals surface area contributed by atoms with E-state index >= 15 is 0 Å². The van der Waals surface area contributed by atoms with E-state index in [9.17, 15) is 13.0 Å². The second-order valence-corrected chi connectivity index (χ2v) is 5.90. The molecule has 0 atom stereocenters. The first kappa shape index (κ1) is 15.6. The van der Waals surface area contributed by atoms with Crippen LogP contribution in [0.25, 0.3) is 10.1 Å². The van der Waals surface area contributed by atoms with Gasteiger partial charge in [0.05, 0.1) is 11.8 Å². The van der Waals surface area contributed by atoms with Crippen molar-refractivity contribution < 1.29 is 69.1 Å². The molecule has 0 aliphatic rings. The second-order valence-electron chi connectivity index (χ2n) is 3.31. The van der Waals surface area contributed by atoms with Gasteiger partial charge in [-0.1, -0.05) is 12.1 Å². The average Bonchev–Trinajstić information content (AvgIpc) is 2.56. The summed E-state index contributed by atoms with van der Waals surface area (Å²) >= 11 is 0.957. The van der Waals surface area contributed by atoms with E-state index in [0.29, 0.717) is 16.0 Å². The van der Waals surface area contributed by atoms with Crippen molar-refractivity contribution in [1.82, 2.24) is 0 Å². The standard InChI is InChI=1S/C10H10O4S2.K/c1-6-7-4-3-5-8(14-2)9(7)15-10(6)16(11,12)13;/h3-5H,1-2H3,(H,11,12,13);/q;+1/p-1. The molecule has 86 valence electrons. The van der Waals surface area contributed by atoms with E-state index in [1.807, 2.05) is 0 Å². The SMILES string of the molecule is COc1cccc2c(C)c(S(=O)(=O)[O-])sc12.[K+]. The summed E-state index contributed by atoms with van der Waals surface area (Å²) in [7, 11) is -2.90. The van der Waals surface area contributed by atoms with Crippen LogP contribution >= 0.6 is 11.3 Å². The maximum atomic E-state index is 11.0. The van der Waals surface area contributed by atoms with Gasteiger partial charge in [0.25, 0.3) is 0 Å². The van der Waals surface area contributed by atoms with Gasteiger partial charge in [-0.2, -0.15) is 0 Å². The first-order valence-corrected chi connectivity index (χ1v) is 6.69. The average molecular weight is 296 g/mol. The molecule has 0 aliphatic carbocycles. The van der Waals surface area contributed by atoms with Crippen LogP contribution in [0.5, 0.6) is 5.75 Å². The summed E-state index contributed by atoms with van der Waals surface area (Å²) in [6.07, 6.45) is 0. The van der Waals surface area contributed by atoms with E-state index in [4.69, 9.17) is 4.74 Å². The van der Waals surface area contributed by atoms with E-state index < -0.39 is 10.1 Å². The quantitative estimate of drug-likeness (QED) is 0.533. The Labute approximate surface area is 146 Å². The monoisotopic (exact) mass is 296 g/mol. The summed E-state index contributed by atoms with van der Waals surface area (Å²) in [5.74, 6) is 0.584. The smallest absolute Gasteiger partial charge is 0.743 e. The number of methoxy groups -OCH3 is 1. The van der Waals surface area contributed by atoms with Gasteiger partial charge >= 0.3 is 51.4 Å². The third-order valence-corrected chi connectivity index (χ3v) is 5.07. The number of hydrogen-bond acceptors (Lipinski definition) is 5. The Morgan fingerprint density at radius 2 is 2.00 bits per heavy atom. The van der Waals surface area contributed by atoms with Crippen molar-refractivity contribution in [1.29, 1.82) is 0 Å². The van der Waals surface area contributed by atoms with Crippen molar-refractivity contribution in [3.63, 3.8) is 0 Å². The topological polar surface area (TPSA) is 66.4 Å². The van der Waals surface area contributed by atoms with Crippen LogP contribution in [-0.2, 0) is 10.1 Å². The van der Waals surface area contributed by atoms with Gasteiger partial charge in [0.2, 0.25) is 0 Å². The summed E-state index contributed by atoms with van der Waals surface area (Å²) in [5, 5.41) is 0.749. The largest absolute Gasteiger partial charge is 1.00 e. The zero-order valence-corrected chi connectivity index (χ0v) is 14.4. The number of fused-ring (bicyclic) bond motifs is 1. The fraction of sp³-hybridized carbons (Fsp3) is 0.200. The summed E-state index contributed by atoms with van der Waals surface area (Å²) in [5.41, 5.74) is 0.494. The molecular formula is C10H9KO4S2. The number of aryl methyl sites for hydroxylation is 1. The first-order valence-electron chi connectivity index (χ1n) is 4.47. The molecule has 0 radical (unpaired) electrons. The number of hydrogen-bond donors (Lipinski definition) is 0. The van der Waals surface area contributed by atoms with Crippen molar-refractivity contribution in [3.05, 3.63) is 23.8 Å². The van der Waals surface area contributed by atoms with Crippen LogP contribution in [-0.4, -0.2) is 20.1 Å². The van der Waals surface area contributed by atoms with Gasteiger partial charge in [-0.05, 0) is 18.6 Å². The van der Waals surface area contributed by atoms with Crippen LogP contribution in [0.4, 0.5) is 0 Å². The molecule has 4 nitrogen and oxygen atoms in total. The molecule has 0 aliphatic heterocycles. The molecule has 0 spiro atoms. The minimum absolute atomic E-state index is 0. The Morgan fingerprint density at radius 1 is 1.35 bits per heavy atom. The Morgan fingerprint density at radius 3 is 2.53 bits per heavy atom. The summed E-state index contributed by atoms with van der Waals surface area (Å²) in [4.78, 5) is 0. The van der Waals surface area contributed by atoms with Gasteiger partial charge in [0.1, 0.15) is 20.1 Å². The van der Waals surface area contributed by atoms with Crippen molar-refractivity contribution in [2.24, 2.45) is 0 Å². The molecule has 1 aromatic heterocycles. The van der Waals surface area contributed by atoms with Crippen molar-refractivity contribution >= 4 is 31.5 Å². The molecule has 0 unspecified atom stereocenters. The molecule has 7 heteroatoms. The van der Waals surface area contributed by atoms with E-state index in [1.54, 1.807) is 25.1 Å². The zero-order chi connectivity index (χ0) is 11.9. The summed E-state index contributed by atoms with van der Waals surface area (Å²) in [6, 6.07) is 5.28. The molecule has 0 bridgehead atoms. The third kappa shape index (κ3) is 2.93.